The molecule has 1 aromatic heterocycles. The van der Waals surface area contributed by atoms with Crippen molar-refractivity contribution in [3.63, 3.8) is 0 Å². The van der Waals surface area contributed by atoms with Gasteiger partial charge in [0.05, 0.1) is 31.5 Å². The Morgan fingerprint density at radius 1 is 1.35 bits per heavy atom. The minimum absolute atomic E-state index is 0.316. The first-order chi connectivity index (χ1) is 8.15. The molecule has 0 spiro atoms. The van der Waals surface area contributed by atoms with Crippen LogP contribution in [-0.4, -0.2) is 30.2 Å². The van der Waals surface area contributed by atoms with Crippen molar-refractivity contribution in [1.82, 2.24) is 9.97 Å². The number of benzene rings is 1. The van der Waals surface area contributed by atoms with Crippen LogP contribution in [0.3, 0.4) is 0 Å². The summed E-state index contributed by atoms with van der Waals surface area (Å²) in [7, 11) is 2.74. The summed E-state index contributed by atoms with van der Waals surface area (Å²) >= 11 is 0. The lowest BCUT2D eigenvalue weighted by Crippen LogP contribution is -2.08. The van der Waals surface area contributed by atoms with Gasteiger partial charge in [0.2, 0.25) is 0 Å². The molecule has 0 saturated carbocycles. The van der Waals surface area contributed by atoms with Gasteiger partial charge in [-0.15, -0.1) is 0 Å². The molecule has 0 aliphatic rings. The monoisotopic (exact) mass is 234 g/mol. The van der Waals surface area contributed by atoms with E-state index in [0.717, 1.165) is 6.20 Å². The van der Waals surface area contributed by atoms with E-state index in [-0.39, 0.29) is 5.56 Å². The van der Waals surface area contributed by atoms with E-state index in [1.807, 2.05) is 0 Å². The molecule has 0 fully saturated rings. The van der Waals surface area contributed by atoms with Gasteiger partial charge in [0, 0.05) is 0 Å². The second kappa shape index (κ2) is 4.25. The standard InChI is InChI=1S/C11H10N2O4/c1-16-8-4-6(11(15)17-2)3-7-10(8)13-9(14)5-12-7/h3-5H,1-2H3,(H,13,14). The van der Waals surface area contributed by atoms with Crippen molar-refractivity contribution in [3.05, 3.63) is 34.2 Å². The quantitative estimate of drug-likeness (QED) is 0.774. The van der Waals surface area contributed by atoms with E-state index < -0.39 is 5.97 Å². The third-order valence-electron chi connectivity index (χ3n) is 2.29. The molecule has 0 aliphatic heterocycles. The molecule has 88 valence electrons. The number of hydrogen-bond acceptors (Lipinski definition) is 5. The Kier molecular flexibility index (Phi) is 2.78. The molecule has 0 atom stereocenters. The van der Waals surface area contributed by atoms with Crippen LogP contribution in [0.25, 0.3) is 11.0 Å². The van der Waals surface area contributed by atoms with Crippen LogP contribution in [-0.2, 0) is 4.74 Å². The number of H-pyrrole nitrogens is 1. The summed E-state index contributed by atoms with van der Waals surface area (Å²) in [6.45, 7) is 0. The SMILES string of the molecule is COC(=O)c1cc(OC)c2[nH]c(=O)cnc2c1. The smallest absolute Gasteiger partial charge is 0.338 e. The van der Waals surface area contributed by atoms with E-state index in [0.29, 0.717) is 22.3 Å². The summed E-state index contributed by atoms with van der Waals surface area (Å²) in [5.74, 6) is -0.119. The third-order valence-corrected chi connectivity index (χ3v) is 2.29. The highest BCUT2D eigenvalue weighted by molar-refractivity contribution is 5.95. The largest absolute Gasteiger partial charge is 0.494 e. The van der Waals surface area contributed by atoms with Crippen LogP contribution in [0.5, 0.6) is 5.75 Å². The van der Waals surface area contributed by atoms with Gasteiger partial charge < -0.3 is 14.5 Å². The minimum Gasteiger partial charge on any atom is -0.494 e. The Morgan fingerprint density at radius 2 is 2.12 bits per heavy atom. The molecule has 17 heavy (non-hydrogen) atoms. The highest BCUT2D eigenvalue weighted by Gasteiger charge is 2.12. The maximum absolute atomic E-state index is 11.4. The van der Waals surface area contributed by atoms with Gasteiger partial charge in [-0.25, -0.2) is 9.78 Å². The maximum Gasteiger partial charge on any atom is 0.338 e. The zero-order valence-corrected chi connectivity index (χ0v) is 9.31. The van der Waals surface area contributed by atoms with Crippen molar-refractivity contribution in [2.45, 2.75) is 0 Å². The van der Waals surface area contributed by atoms with Crippen molar-refractivity contribution < 1.29 is 14.3 Å². The van der Waals surface area contributed by atoms with Crippen LogP contribution in [0.15, 0.2) is 23.1 Å². The van der Waals surface area contributed by atoms with Crippen molar-refractivity contribution in [1.29, 1.82) is 0 Å². The van der Waals surface area contributed by atoms with Gasteiger partial charge in [0.1, 0.15) is 11.3 Å². The number of aromatic nitrogens is 2. The number of esters is 1. The number of nitrogens with zero attached hydrogens (tertiary/aromatic N) is 1. The Labute approximate surface area is 96.2 Å². The van der Waals surface area contributed by atoms with Crippen LogP contribution in [0.2, 0.25) is 0 Å². The Hall–Kier alpha value is -2.37. The molecule has 6 heteroatoms. The highest BCUT2D eigenvalue weighted by Crippen LogP contribution is 2.23. The summed E-state index contributed by atoms with van der Waals surface area (Å²) in [6, 6.07) is 3.02. The molecule has 0 unspecified atom stereocenters. The molecule has 2 aromatic rings. The van der Waals surface area contributed by atoms with Gasteiger partial charge in [-0.05, 0) is 12.1 Å². The number of hydrogen-bond donors (Lipinski definition) is 1. The van der Waals surface area contributed by atoms with Crippen molar-refractivity contribution in [2.75, 3.05) is 14.2 Å². The lowest BCUT2D eigenvalue weighted by Gasteiger charge is -2.06. The van der Waals surface area contributed by atoms with Crippen molar-refractivity contribution in [2.24, 2.45) is 0 Å². The molecular weight excluding hydrogens is 224 g/mol. The molecule has 0 amide bonds. The second-order valence-electron chi connectivity index (χ2n) is 3.31. The predicted octanol–water partition coefficient (Wildman–Crippen LogP) is 0.718. The number of aromatic amines is 1. The number of carbonyl (C=O) groups is 1. The molecule has 6 nitrogen and oxygen atoms in total. The van der Waals surface area contributed by atoms with E-state index in [4.69, 9.17) is 4.74 Å². The molecule has 1 heterocycles. The fourth-order valence-electron chi connectivity index (χ4n) is 1.51. The number of carbonyl (C=O) groups excluding carboxylic acids is 1. The molecule has 0 bridgehead atoms. The highest BCUT2D eigenvalue weighted by atomic mass is 16.5. The number of ether oxygens (including phenoxy) is 2. The summed E-state index contributed by atoms with van der Waals surface area (Å²) in [6.07, 6.45) is 1.14. The zero-order chi connectivity index (χ0) is 12.4. The number of nitrogens with one attached hydrogen (secondary N) is 1. The lowest BCUT2D eigenvalue weighted by atomic mass is 10.2. The topological polar surface area (TPSA) is 81.3 Å². The van der Waals surface area contributed by atoms with Crippen LogP contribution in [0.4, 0.5) is 0 Å². The van der Waals surface area contributed by atoms with Gasteiger partial charge >= 0.3 is 5.97 Å². The molecular formula is C11H10N2O4. The van der Waals surface area contributed by atoms with Crippen molar-refractivity contribution in [3.8, 4) is 5.75 Å². The maximum atomic E-state index is 11.4. The lowest BCUT2D eigenvalue weighted by molar-refractivity contribution is 0.0600. The first kappa shape index (κ1) is 11.1. The van der Waals surface area contributed by atoms with Gasteiger partial charge in [-0.1, -0.05) is 0 Å². The average Bonchev–Trinajstić information content (AvgIpc) is 2.36. The van der Waals surface area contributed by atoms with Gasteiger partial charge in [-0.3, -0.25) is 4.79 Å². The van der Waals surface area contributed by atoms with Crippen LogP contribution in [0.1, 0.15) is 10.4 Å². The summed E-state index contributed by atoms with van der Waals surface area (Å²) < 4.78 is 9.71. The van der Waals surface area contributed by atoms with E-state index in [1.54, 1.807) is 0 Å². The first-order valence-corrected chi connectivity index (χ1v) is 4.81. The fourth-order valence-corrected chi connectivity index (χ4v) is 1.51. The summed E-state index contributed by atoms with van der Waals surface area (Å²) in [4.78, 5) is 29.1. The second-order valence-corrected chi connectivity index (χ2v) is 3.31. The molecule has 2 rings (SSSR count). The molecule has 1 aromatic carbocycles. The summed E-state index contributed by atoms with van der Waals surface area (Å²) in [5.41, 5.74) is 0.898. The molecule has 1 N–H and O–H groups in total. The molecule has 0 aliphatic carbocycles. The minimum atomic E-state index is -0.488. The van der Waals surface area contributed by atoms with Gasteiger partial charge in [0.25, 0.3) is 5.56 Å². The molecule has 0 saturated heterocycles. The van der Waals surface area contributed by atoms with Gasteiger partial charge in [-0.2, -0.15) is 0 Å². The molecule has 0 radical (unpaired) electrons. The Morgan fingerprint density at radius 3 is 2.76 bits per heavy atom. The Bertz CT molecular complexity index is 633. The van der Waals surface area contributed by atoms with E-state index in [2.05, 4.69) is 14.7 Å². The average molecular weight is 234 g/mol. The predicted molar refractivity (Wildman–Crippen MR) is 60.3 cm³/mol. The zero-order valence-electron chi connectivity index (χ0n) is 9.31. The Balaban J connectivity index is 2.74. The number of fused-ring (bicyclic) bond motifs is 1. The van der Waals surface area contributed by atoms with Crippen LogP contribution < -0.4 is 10.3 Å². The van der Waals surface area contributed by atoms with E-state index >= 15 is 0 Å². The number of rotatable bonds is 2. The normalized spacial score (nSPS) is 10.2. The van der Waals surface area contributed by atoms with E-state index in [9.17, 15) is 9.59 Å². The fraction of sp³-hybridized carbons (Fsp3) is 0.182. The number of methoxy groups -OCH3 is 2. The third kappa shape index (κ3) is 1.96. The van der Waals surface area contributed by atoms with Crippen LogP contribution in [0, 0.1) is 0 Å². The first-order valence-electron chi connectivity index (χ1n) is 4.81. The van der Waals surface area contributed by atoms with Crippen molar-refractivity contribution >= 4 is 17.0 Å². The van der Waals surface area contributed by atoms with Gasteiger partial charge in [0.15, 0.2) is 0 Å². The van der Waals surface area contributed by atoms with E-state index in [1.165, 1.54) is 26.4 Å². The van der Waals surface area contributed by atoms with Crippen LogP contribution >= 0.6 is 0 Å². The summed E-state index contributed by atoms with van der Waals surface area (Å²) in [5, 5.41) is 0.